The van der Waals surface area contributed by atoms with E-state index in [1.165, 1.54) is 0 Å². The van der Waals surface area contributed by atoms with E-state index >= 15 is 0 Å². The Morgan fingerprint density at radius 2 is 2.27 bits per heavy atom. The Bertz CT molecular complexity index is 420. The summed E-state index contributed by atoms with van der Waals surface area (Å²) in [6.07, 6.45) is 4.88. The van der Waals surface area contributed by atoms with Crippen LogP contribution in [0, 0.1) is 12.8 Å². The number of rotatable bonds is 3. The molecule has 3 N–H and O–H groups in total. The minimum atomic E-state index is -0.181. The molecule has 1 unspecified atom stereocenters. The van der Waals surface area contributed by atoms with E-state index < -0.39 is 0 Å². The average molecular weight is 207 g/mol. The summed E-state index contributed by atoms with van der Waals surface area (Å²) in [5.41, 5.74) is 6.49. The molecule has 0 aliphatic heterocycles. The highest BCUT2D eigenvalue weighted by Gasteiger charge is 2.03. The Balaban J connectivity index is 3.05. The second-order valence-electron chi connectivity index (χ2n) is 3.69. The van der Waals surface area contributed by atoms with Gasteiger partial charge in [0, 0.05) is 0 Å². The van der Waals surface area contributed by atoms with E-state index in [-0.39, 0.29) is 11.5 Å². The van der Waals surface area contributed by atoms with Crippen LogP contribution in [-0.2, 0) is 0 Å². The van der Waals surface area contributed by atoms with Crippen LogP contribution in [0.15, 0.2) is 10.9 Å². The molecular formula is C11H17N3O. The van der Waals surface area contributed by atoms with E-state index in [9.17, 15) is 4.79 Å². The van der Waals surface area contributed by atoms with E-state index in [0.717, 1.165) is 6.42 Å². The van der Waals surface area contributed by atoms with Gasteiger partial charge in [0.25, 0.3) is 5.56 Å². The Morgan fingerprint density at radius 1 is 1.60 bits per heavy atom. The predicted molar refractivity (Wildman–Crippen MR) is 62.5 cm³/mol. The highest BCUT2D eigenvalue weighted by atomic mass is 16.1. The van der Waals surface area contributed by atoms with Crippen molar-refractivity contribution in [1.82, 2.24) is 9.97 Å². The monoisotopic (exact) mass is 207 g/mol. The number of allylic oxidation sites excluding steroid dienone is 1. The standard InChI is InChI=1S/C11H17N3O/c1-4-7(2)5-6-9-8(3)13-11(12)14-10(9)15/h5-7H,4H2,1-3H3,(H3,12,13,14,15)/b6-5-. The summed E-state index contributed by atoms with van der Waals surface area (Å²) in [5, 5.41) is 0. The Kier molecular flexibility index (Phi) is 3.66. The third kappa shape index (κ3) is 2.94. The van der Waals surface area contributed by atoms with Crippen LogP contribution in [0.5, 0.6) is 0 Å². The van der Waals surface area contributed by atoms with Crippen LogP contribution in [0.25, 0.3) is 6.08 Å². The lowest BCUT2D eigenvalue weighted by atomic mass is 10.1. The van der Waals surface area contributed by atoms with Crippen molar-refractivity contribution in [3.8, 4) is 0 Å². The SMILES string of the molecule is CCC(C)/C=C\c1c(C)nc(N)[nH]c1=O. The average Bonchev–Trinajstić information content (AvgIpc) is 2.15. The third-order valence-electron chi connectivity index (χ3n) is 2.40. The third-order valence-corrected chi connectivity index (χ3v) is 2.40. The van der Waals surface area contributed by atoms with Crippen LogP contribution in [0.1, 0.15) is 31.5 Å². The van der Waals surface area contributed by atoms with Crippen LogP contribution in [0.2, 0.25) is 0 Å². The van der Waals surface area contributed by atoms with Crippen molar-refractivity contribution in [1.29, 1.82) is 0 Å². The number of aromatic amines is 1. The number of H-pyrrole nitrogens is 1. The Hall–Kier alpha value is -1.58. The van der Waals surface area contributed by atoms with Gasteiger partial charge in [-0.3, -0.25) is 9.78 Å². The summed E-state index contributed by atoms with van der Waals surface area (Å²) < 4.78 is 0. The zero-order valence-corrected chi connectivity index (χ0v) is 9.37. The molecule has 0 bridgehead atoms. The Labute approximate surface area is 89.2 Å². The summed E-state index contributed by atoms with van der Waals surface area (Å²) in [5.74, 6) is 0.625. The molecule has 1 rings (SSSR count). The lowest BCUT2D eigenvalue weighted by molar-refractivity contribution is 0.701. The zero-order valence-electron chi connectivity index (χ0n) is 9.37. The molecule has 0 aromatic carbocycles. The molecule has 0 aliphatic carbocycles. The molecule has 1 heterocycles. The molecule has 1 atom stereocenters. The lowest BCUT2D eigenvalue weighted by Crippen LogP contribution is -2.15. The van der Waals surface area contributed by atoms with Crippen LogP contribution in [0.3, 0.4) is 0 Å². The maximum absolute atomic E-state index is 11.5. The van der Waals surface area contributed by atoms with E-state index in [1.807, 2.05) is 12.2 Å². The van der Waals surface area contributed by atoms with Gasteiger partial charge in [0.15, 0.2) is 0 Å². The fraction of sp³-hybridized carbons (Fsp3) is 0.455. The lowest BCUT2D eigenvalue weighted by Gasteiger charge is -2.02. The molecule has 0 aliphatic rings. The molecule has 1 aromatic heterocycles. The van der Waals surface area contributed by atoms with Crippen molar-refractivity contribution in [3.63, 3.8) is 0 Å². The summed E-state index contributed by atoms with van der Waals surface area (Å²) in [6.45, 7) is 5.99. The van der Waals surface area contributed by atoms with E-state index in [2.05, 4.69) is 23.8 Å². The van der Waals surface area contributed by atoms with Crippen LogP contribution in [-0.4, -0.2) is 9.97 Å². The number of hydrogen-bond donors (Lipinski definition) is 2. The van der Waals surface area contributed by atoms with Gasteiger partial charge in [-0.15, -0.1) is 0 Å². The van der Waals surface area contributed by atoms with E-state index in [4.69, 9.17) is 5.73 Å². The predicted octanol–water partition coefficient (Wildman–Crippen LogP) is 1.72. The maximum Gasteiger partial charge on any atom is 0.259 e. The topological polar surface area (TPSA) is 71.8 Å². The zero-order chi connectivity index (χ0) is 11.4. The van der Waals surface area contributed by atoms with E-state index in [0.29, 0.717) is 17.2 Å². The molecular weight excluding hydrogens is 190 g/mol. The van der Waals surface area contributed by atoms with Gasteiger partial charge in [0.1, 0.15) is 0 Å². The van der Waals surface area contributed by atoms with Crippen molar-refractivity contribution in [3.05, 3.63) is 27.7 Å². The maximum atomic E-state index is 11.5. The van der Waals surface area contributed by atoms with Gasteiger partial charge in [-0.1, -0.05) is 32.4 Å². The molecule has 0 radical (unpaired) electrons. The number of anilines is 1. The number of nitrogens with one attached hydrogen (secondary N) is 1. The molecule has 0 spiro atoms. The number of aryl methyl sites for hydroxylation is 1. The van der Waals surface area contributed by atoms with Crippen molar-refractivity contribution in [2.45, 2.75) is 27.2 Å². The van der Waals surface area contributed by atoms with Crippen LogP contribution >= 0.6 is 0 Å². The molecule has 0 amide bonds. The van der Waals surface area contributed by atoms with Crippen molar-refractivity contribution in [2.24, 2.45) is 5.92 Å². The fourth-order valence-corrected chi connectivity index (χ4v) is 1.21. The number of nitrogens with two attached hydrogens (primary N) is 1. The van der Waals surface area contributed by atoms with Gasteiger partial charge in [-0.2, -0.15) is 0 Å². The molecule has 15 heavy (non-hydrogen) atoms. The second-order valence-corrected chi connectivity index (χ2v) is 3.69. The largest absolute Gasteiger partial charge is 0.369 e. The van der Waals surface area contributed by atoms with Gasteiger partial charge in [0.2, 0.25) is 5.95 Å². The van der Waals surface area contributed by atoms with Crippen molar-refractivity contribution < 1.29 is 0 Å². The minimum absolute atomic E-state index is 0.165. The molecule has 0 fully saturated rings. The first-order chi connectivity index (χ1) is 7.04. The van der Waals surface area contributed by atoms with Gasteiger partial charge in [-0.05, 0) is 12.8 Å². The molecule has 4 heteroatoms. The number of aromatic nitrogens is 2. The number of nitrogens with zero attached hydrogens (tertiary/aromatic N) is 1. The number of nitrogen functional groups attached to an aromatic ring is 1. The number of hydrogen-bond acceptors (Lipinski definition) is 3. The smallest absolute Gasteiger partial charge is 0.259 e. The highest BCUT2D eigenvalue weighted by Crippen LogP contribution is 2.07. The molecule has 4 nitrogen and oxygen atoms in total. The Morgan fingerprint density at radius 3 is 2.80 bits per heavy atom. The molecule has 82 valence electrons. The molecule has 1 aromatic rings. The second kappa shape index (κ2) is 4.77. The van der Waals surface area contributed by atoms with Gasteiger partial charge < -0.3 is 5.73 Å². The van der Waals surface area contributed by atoms with Crippen LogP contribution < -0.4 is 11.3 Å². The minimum Gasteiger partial charge on any atom is -0.369 e. The summed E-state index contributed by atoms with van der Waals surface area (Å²) in [4.78, 5) is 18.0. The highest BCUT2D eigenvalue weighted by molar-refractivity contribution is 5.51. The van der Waals surface area contributed by atoms with Crippen molar-refractivity contribution in [2.75, 3.05) is 5.73 Å². The first kappa shape index (κ1) is 11.5. The van der Waals surface area contributed by atoms with E-state index in [1.54, 1.807) is 6.92 Å². The molecule has 0 saturated heterocycles. The first-order valence-corrected chi connectivity index (χ1v) is 5.09. The quantitative estimate of drug-likeness (QED) is 0.792. The van der Waals surface area contributed by atoms with Crippen LogP contribution in [0.4, 0.5) is 5.95 Å². The summed E-state index contributed by atoms with van der Waals surface area (Å²) >= 11 is 0. The molecule has 0 saturated carbocycles. The van der Waals surface area contributed by atoms with Gasteiger partial charge in [-0.25, -0.2) is 4.98 Å². The van der Waals surface area contributed by atoms with Gasteiger partial charge >= 0.3 is 0 Å². The van der Waals surface area contributed by atoms with Gasteiger partial charge in [0.05, 0.1) is 11.3 Å². The fourth-order valence-electron chi connectivity index (χ4n) is 1.21. The normalized spacial score (nSPS) is 13.3. The first-order valence-electron chi connectivity index (χ1n) is 5.09. The summed E-state index contributed by atoms with van der Waals surface area (Å²) in [6, 6.07) is 0. The van der Waals surface area contributed by atoms with Crippen molar-refractivity contribution >= 4 is 12.0 Å². The summed E-state index contributed by atoms with van der Waals surface area (Å²) in [7, 11) is 0.